The molecule has 2 heterocycles. The van der Waals surface area contributed by atoms with Crippen molar-refractivity contribution in [2.24, 2.45) is 0 Å². The number of non-ortho nitro benzene ring substituents is 1. The van der Waals surface area contributed by atoms with E-state index in [1.807, 2.05) is 22.4 Å². The van der Waals surface area contributed by atoms with Crippen LogP contribution in [0.5, 0.6) is 0 Å². The van der Waals surface area contributed by atoms with Crippen molar-refractivity contribution in [3.05, 3.63) is 69.4 Å². The van der Waals surface area contributed by atoms with Crippen molar-refractivity contribution in [2.75, 3.05) is 44.2 Å². The number of nitrogens with zero attached hydrogens (tertiary/aromatic N) is 4. The highest BCUT2D eigenvalue weighted by Gasteiger charge is 2.22. The minimum atomic E-state index is -0.390. The second-order valence-electron chi connectivity index (χ2n) is 6.68. The fourth-order valence-electron chi connectivity index (χ4n) is 3.24. The first-order chi connectivity index (χ1) is 13.6. The molecule has 148 valence electrons. The van der Waals surface area contributed by atoms with Gasteiger partial charge in [-0.3, -0.25) is 19.8 Å². The van der Waals surface area contributed by atoms with Gasteiger partial charge in [0.25, 0.3) is 5.69 Å². The average molecular weight is 401 g/mol. The molecule has 0 N–H and O–H groups in total. The van der Waals surface area contributed by atoms with Crippen LogP contribution in [0.25, 0.3) is 0 Å². The number of hydrogen-bond acceptors (Lipinski definition) is 6. The molecule has 0 atom stereocenters. The molecule has 0 aliphatic carbocycles. The summed E-state index contributed by atoms with van der Waals surface area (Å²) in [7, 11) is 0. The average Bonchev–Trinajstić information content (AvgIpc) is 3.21. The number of anilines is 1. The number of rotatable bonds is 8. The Bertz CT molecular complexity index is 799. The van der Waals surface area contributed by atoms with E-state index in [0.29, 0.717) is 19.6 Å². The maximum absolute atomic E-state index is 12.7. The molecule has 1 aromatic heterocycles. The zero-order valence-electron chi connectivity index (χ0n) is 15.7. The molecular formula is C20H24N4O3S. The monoisotopic (exact) mass is 400 g/mol. The van der Waals surface area contributed by atoms with Gasteiger partial charge in [-0.15, -0.1) is 17.9 Å². The van der Waals surface area contributed by atoms with Crippen LogP contribution in [0.1, 0.15) is 4.88 Å². The van der Waals surface area contributed by atoms with E-state index >= 15 is 0 Å². The van der Waals surface area contributed by atoms with Gasteiger partial charge in [0.2, 0.25) is 5.91 Å². The lowest BCUT2D eigenvalue weighted by Crippen LogP contribution is -2.50. The lowest BCUT2D eigenvalue weighted by atomic mass is 10.2. The van der Waals surface area contributed by atoms with Crippen LogP contribution in [0.4, 0.5) is 11.4 Å². The summed E-state index contributed by atoms with van der Waals surface area (Å²) in [5.41, 5.74) is 1.07. The van der Waals surface area contributed by atoms with E-state index in [1.54, 1.807) is 29.5 Å². The Balaban J connectivity index is 1.51. The van der Waals surface area contributed by atoms with E-state index in [0.717, 1.165) is 36.7 Å². The molecular weight excluding hydrogens is 376 g/mol. The molecule has 8 heteroatoms. The third-order valence-corrected chi connectivity index (χ3v) is 5.65. The Kier molecular flexibility index (Phi) is 6.78. The van der Waals surface area contributed by atoms with Crippen LogP contribution in [0.2, 0.25) is 0 Å². The second-order valence-corrected chi connectivity index (χ2v) is 7.71. The molecule has 1 fully saturated rings. The first-order valence-corrected chi connectivity index (χ1v) is 10.1. The molecule has 1 aromatic carbocycles. The molecule has 0 radical (unpaired) electrons. The summed E-state index contributed by atoms with van der Waals surface area (Å²) in [5, 5.41) is 12.8. The van der Waals surface area contributed by atoms with Gasteiger partial charge >= 0.3 is 0 Å². The van der Waals surface area contributed by atoms with E-state index in [-0.39, 0.29) is 11.6 Å². The van der Waals surface area contributed by atoms with E-state index in [4.69, 9.17) is 0 Å². The topological polar surface area (TPSA) is 69.9 Å². The van der Waals surface area contributed by atoms with Crippen LogP contribution in [0.15, 0.2) is 54.4 Å². The molecule has 1 aliphatic rings. The standard InChI is InChI=1S/C20H24N4O3S/c1-2-9-23(15-19-4-3-14-28-19)20(25)16-21-10-12-22(13-11-21)17-5-7-18(8-6-17)24(26)27/h2-8,14H,1,9-13,15-16H2. The minimum absolute atomic E-state index is 0.0982. The van der Waals surface area contributed by atoms with Crippen molar-refractivity contribution in [3.8, 4) is 0 Å². The number of carbonyl (C=O) groups excluding carboxylic acids is 1. The van der Waals surface area contributed by atoms with Gasteiger partial charge in [0.05, 0.1) is 18.0 Å². The second kappa shape index (κ2) is 9.48. The molecule has 3 rings (SSSR count). The fourth-order valence-corrected chi connectivity index (χ4v) is 3.96. The Labute approximate surface area is 168 Å². The van der Waals surface area contributed by atoms with Gasteiger partial charge in [0, 0.05) is 55.4 Å². The van der Waals surface area contributed by atoms with Crippen molar-refractivity contribution in [3.63, 3.8) is 0 Å². The SMILES string of the molecule is C=CCN(Cc1cccs1)C(=O)CN1CCN(c2ccc([N+](=O)[O-])cc2)CC1. The third-order valence-electron chi connectivity index (χ3n) is 4.79. The summed E-state index contributed by atoms with van der Waals surface area (Å²) in [6.45, 7) is 8.46. The van der Waals surface area contributed by atoms with Gasteiger partial charge in [0.1, 0.15) is 0 Å². The highest BCUT2D eigenvalue weighted by Crippen LogP contribution is 2.20. The van der Waals surface area contributed by atoms with Crippen LogP contribution < -0.4 is 4.90 Å². The largest absolute Gasteiger partial charge is 0.369 e. The molecule has 28 heavy (non-hydrogen) atoms. The summed E-state index contributed by atoms with van der Waals surface area (Å²) in [6, 6.07) is 10.7. The molecule has 0 unspecified atom stereocenters. The molecule has 2 aromatic rings. The smallest absolute Gasteiger partial charge is 0.269 e. The number of amides is 1. The van der Waals surface area contributed by atoms with Crippen LogP contribution in [-0.4, -0.2) is 59.9 Å². The fraction of sp³-hybridized carbons (Fsp3) is 0.350. The van der Waals surface area contributed by atoms with E-state index < -0.39 is 4.92 Å². The zero-order chi connectivity index (χ0) is 19.9. The van der Waals surface area contributed by atoms with E-state index in [2.05, 4.69) is 16.4 Å². The lowest BCUT2D eigenvalue weighted by molar-refractivity contribution is -0.384. The molecule has 1 saturated heterocycles. The van der Waals surface area contributed by atoms with Crippen LogP contribution >= 0.6 is 11.3 Å². The summed E-state index contributed by atoms with van der Waals surface area (Å²) in [4.78, 5) is 30.5. The van der Waals surface area contributed by atoms with Gasteiger partial charge in [-0.25, -0.2) is 0 Å². The van der Waals surface area contributed by atoms with Gasteiger partial charge in [-0.05, 0) is 23.6 Å². The Morgan fingerprint density at radius 2 is 1.93 bits per heavy atom. The first kappa shape index (κ1) is 20.0. The van der Waals surface area contributed by atoms with Crippen molar-refractivity contribution in [2.45, 2.75) is 6.54 Å². The Morgan fingerprint density at radius 1 is 1.21 bits per heavy atom. The molecule has 0 spiro atoms. The predicted molar refractivity (Wildman–Crippen MR) is 112 cm³/mol. The number of thiophene rings is 1. The Hall–Kier alpha value is -2.71. The summed E-state index contributed by atoms with van der Waals surface area (Å²) in [6.07, 6.45) is 1.76. The van der Waals surface area contributed by atoms with Crippen molar-refractivity contribution >= 4 is 28.6 Å². The quantitative estimate of drug-likeness (QED) is 0.387. The summed E-state index contributed by atoms with van der Waals surface area (Å²) >= 11 is 1.65. The number of nitro groups is 1. The molecule has 1 amide bonds. The number of carbonyl (C=O) groups is 1. The number of nitro benzene ring substituents is 1. The highest BCUT2D eigenvalue weighted by molar-refractivity contribution is 7.09. The van der Waals surface area contributed by atoms with Gasteiger partial charge < -0.3 is 9.80 Å². The molecule has 0 bridgehead atoms. The van der Waals surface area contributed by atoms with Crippen molar-refractivity contribution in [1.82, 2.24) is 9.80 Å². The first-order valence-electron chi connectivity index (χ1n) is 9.19. The van der Waals surface area contributed by atoms with Gasteiger partial charge in [-0.1, -0.05) is 12.1 Å². The number of piperazine rings is 1. The Morgan fingerprint density at radius 3 is 2.50 bits per heavy atom. The van der Waals surface area contributed by atoms with Crippen molar-refractivity contribution < 1.29 is 9.72 Å². The summed E-state index contributed by atoms with van der Waals surface area (Å²) in [5.74, 6) is 0.108. The number of benzene rings is 1. The normalized spacial score (nSPS) is 14.6. The maximum Gasteiger partial charge on any atom is 0.269 e. The van der Waals surface area contributed by atoms with Crippen LogP contribution in [0.3, 0.4) is 0 Å². The molecule has 0 saturated carbocycles. The highest BCUT2D eigenvalue weighted by atomic mass is 32.1. The zero-order valence-corrected chi connectivity index (χ0v) is 16.5. The number of hydrogen-bond donors (Lipinski definition) is 0. The van der Waals surface area contributed by atoms with Gasteiger partial charge in [0.15, 0.2) is 0 Å². The lowest BCUT2D eigenvalue weighted by Gasteiger charge is -2.36. The molecule has 7 nitrogen and oxygen atoms in total. The minimum Gasteiger partial charge on any atom is -0.369 e. The maximum atomic E-state index is 12.7. The predicted octanol–water partition coefficient (Wildman–Crippen LogP) is 2.99. The van der Waals surface area contributed by atoms with E-state index in [9.17, 15) is 14.9 Å². The van der Waals surface area contributed by atoms with Crippen molar-refractivity contribution in [1.29, 1.82) is 0 Å². The third kappa shape index (κ3) is 5.17. The van der Waals surface area contributed by atoms with Crippen LogP contribution in [-0.2, 0) is 11.3 Å². The van der Waals surface area contributed by atoms with Crippen LogP contribution in [0, 0.1) is 10.1 Å². The van der Waals surface area contributed by atoms with E-state index in [1.165, 1.54) is 12.1 Å². The summed E-state index contributed by atoms with van der Waals surface area (Å²) < 4.78 is 0. The van der Waals surface area contributed by atoms with Gasteiger partial charge in [-0.2, -0.15) is 0 Å². The molecule has 1 aliphatic heterocycles.